The molecule has 0 saturated carbocycles. The van der Waals surface area contributed by atoms with E-state index in [1.54, 1.807) is 24.4 Å². The van der Waals surface area contributed by atoms with Crippen LogP contribution in [0.5, 0.6) is 0 Å². The van der Waals surface area contributed by atoms with Crippen LogP contribution in [-0.2, 0) is 4.79 Å². The molecular weight excluding hydrogens is 188 g/mol. The summed E-state index contributed by atoms with van der Waals surface area (Å²) in [5.74, 6) is 0.328. The topological polar surface area (TPSA) is 42.0 Å². The predicted molar refractivity (Wildman–Crippen MR) is 52.8 cm³/mol. The highest BCUT2D eigenvalue weighted by Crippen LogP contribution is 2.06. The molecule has 1 atom stereocenters. The molecule has 0 aromatic carbocycles. The van der Waals surface area contributed by atoms with Crippen LogP contribution in [-0.4, -0.2) is 16.3 Å². The van der Waals surface area contributed by atoms with E-state index in [0.717, 1.165) is 0 Å². The molecule has 0 aliphatic rings. The maximum absolute atomic E-state index is 11.3. The minimum Gasteiger partial charge on any atom is -0.309 e. The van der Waals surface area contributed by atoms with Crippen molar-refractivity contribution in [2.24, 2.45) is 0 Å². The van der Waals surface area contributed by atoms with Crippen molar-refractivity contribution in [2.45, 2.75) is 18.7 Å². The molecule has 1 unspecified atom stereocenters. The minimum atomic E-state index is -0.484. The van der Waals surface area contributed by atoms with Crippen molar-refractivity contribution in [3.63, 3.8) is 0 Å². The van der Waals surface area contributed by atoms with Gasteiger partial charge in [0.15, 0.2) is 0 Å². The molecule has 1 amide bonds. The van der Waals surface area contributed by atoms with E-state index in [9.17, 15) is 4.79 Å². The summed E-state index contributed by atoms with van der Waals surface area (Å²) in [5.41, 5.74) is 0. The van der Waals surface area contributed by atoms with Gasteiger partial charge in [-0.15, -0.1) is 11.6 Å². The molecule has 0 aliphatic heterocycles. The number of amides is 1. The summed E-state index contributed by atoms with van der Waals surface area (Å²) in [4.78, 5) is 15.2. The maximum atomic E-state index is 11.3. The average Bonchev–Trinajstić information content (AvgIpc) is 2.18. The molecule has 0 aliphatic carbocycles. The second kappa shape index (κ2) is 4.82. The van der Waals surface area contributed by atoms with Crippen molar-refractivity contribution in [3.05, 3.63) is 24.4 Å². The fourth-order valence-corrected chi connectivity index (χ4v) is 0.881. The van der Waals surface area contributed by atoms with E-state index < -0.39 is 5.38 Å². The van der Waals surface area contributed by atoms with E-state index in [4.69, 9.17) is 11.6 Å². The first-order valence-electron chi connectivity index (χ1n) is 4.10. The molecule has 13 heavy (non-hydrogen) atoms. The number of carbonyl (C=O) groups is 1. The highest BCUT2D eigenvalue weighted by Gasteiger charge is 2.12. The van der Waals surface area contributed by atoms with E-state index in [2.05, 4.69) is 10.3 Å². The number of hydrogen-bond donors (Lipinski definition) is 1. The summed E-state index contributed by atoms with van der Waals surface area (Å²) in [6.07, 6.45) is 2.23. The SMILES string of the molecule is CCC(Cl)C(=O)Nc1ccccn1. The van der Waals surface area contributed by atoms with Crippen LogP contribution < -0.4 is 5.32 Å². The number of anilines is 1. The fourth-order valence-electron chi connectivity index (χ4n) is 0.827. The number of carbonyl (C=O) groups excluding carboxylic acids is 1. The Hall–Kier alpha value is -1.09. The van der Waals surface area contributed by atoms with Gasteiger partial charge in [-0.2, -0.15) is 0 Å². The molecule has 1 N–H and O–H groups in total. The van der Waals surface area contributed by atoms with Gasteiger partial charge < -0.3 is 5.32 Å². The molecule has 1 aromatic rings. The number of rotatable bonds is 3. The van der Waals surface area contributed by atoms with E-state index in [-0.39, 0.29) is 5.91 Å². The third-order valence-corrected chi connectivity index (χ3v) is 2.07. The standard InChI is InChI=1S/C9H11ClN2O/c1-2-7(10)9(13)12-8-5-3-4-6-11-8/h3-7H,2H2,1H3,(H,11,12,13). The number of aromatic nitrogens is 1. The molecule has 0 saturated heterocycles. The van der Waals surface area contributed by atoms with E-state index >= 15 is 0 Å². The molecule has 1 heterocycles. The normalized spacial score (nSPS) is 12.2. The first-order valence-corrected chi connectivity index (χ1v) is 4.53. The summed E-state index contributed by atoms with van der Waals surface area (Å²) >= 11 is 5.73. The number of halogens is 1. The predicted octanol–water partition coefficient (Wildman–Crippen LogP) is 2.04. The van der Waals surface area contributed by atoms with E-state index in [1.807, 2.05) is 6.92 Å². The fraction of sp³-hybridized carbons (Fsp3) is 0.333. The largest absolute Gasteiger partial charge is 0.309 e. The van der Waals surface area contributed by atoms with Gasteiger partial charge >= 0.3 is 0 Å². The van der Waals surface area contributed by atoms with Crippen LogP contribution in [0, 0.1) is 0 Å². The second-order valence-electron chi connectivity index (χ2n) is 2.58. The monoisotopic (exact) mass is 198 g/mol. The zero-order valence-corrected chi connectivity index (χ0v) is 8.08. The molecule has 4 heteroatoms. The quantitative estimate of drug-likeness (QED) is 0.756. The molecule has 0 spiro atoms. The number of nitrogens with zero attached hydrogens (tertiary/aromatic N) is 1. The van der Waals surface area contributed by atoms with Crippen molar-refractivity contribution in [1.82, 2.24) is 4.98 Å². The van der Waals surface area contributed by atoms with Gasteiger partial charge in [-0.1, -0.05) is 13.0 Å². The Morgan fingerprint density at radius 1 is 1.69 bits per heavy atom. The maximum Gasteiger partial charge on any atom is 0.243 e. The highest BCUT2D eigenvalue weighted by atomic mass is 35.5. The van der Waals surface area contributed by atoms with Crippen LogP contribution in [0.3, 0.4) is 0 Å². The van der Waals surface area contributed by atoms with E-state index in [1.165, 1.54) is 0 Å². The number of nitrogens with one attached hydrogen (secondary N) is 1. The van der Waals surface area contributed by atoms with Gasteiger partial charge in [0.05, 0.1) is 0 Å². The van der Waals surface area contributed by atoms with Gasteiger partial charge in [-0.05, 0) is 18.6 Å². The van der Waals surface area contributed by atoms with Crippen LogP contribution in [0.25, 0.3) is 0 Å². The summed E-state index contributed by atoms with van der Waals surface area (Å²) in [6, 6.07) is 5.31. The summed E-state index contributed by atoms with van der Waals surface area (Å²) < 4.78 is 0. The van der Waals surface area contributed by atoms with Gasteiger partial charge in [0, 0.05) is 6.20 Å². The van der Waals surface area contributed by atoms with Gasteiger partial charge in [-0.3, -0.25) is 4.79 Å². The molecule has 1 aromatic heterocycles. The van der Waals surface area contributed by atoms with Crippen LogP contribution in [0.15, 0.2) is 24.4 Å². The van der Waals surface area contributed by atoms with Crippen molar-refractivity contribution >= 4 is 23.3 Å². The van der Waals surface area contributed by atoms with Gasteiger partial charge in [0.1, 0.15) is 11.2 Å². The number of alkyl halides is 1. The van der Waals surface area contributed by atoms with Gasteiger partial charge in [0.2, 0.25) is 5.91 Å². The zero-order valence-electron chi connectivity index (χ0n) is 7.33. The van der Waals surface area contributed by atoms with E-state index in [0.29, 0.717) is 12.2 Å². The Morgan fingerprint density at radius 2 is 2.46 bits per heavy atom. The lowest BCUT2D eigenvalue weighted by molar-refractivity contribution is -0.115. The third-order valence-electron chi connectivity index (χ3n) is 1.56. The smallest absolute Gasteiger partial charge is 0.243 e. The Labute approximate surface area is 82.1 Å². The first kappa shape index (κ1) is 9.99. The second-order valence-corrected chi connectivity index (χ2v) is 3.11. The molecule has 3 nitrogen and oxygen atoms in total. The first-order chi connectivity index (χ1) is 6.24. The molecular formula is C9H11ClN2O. The van der Waals surface area contributed by atoms with Crippen molar-refractivity contribution in [1.29, 1.82) is 0 Å². The highest BCUT2D eigenvalue weighted by molar-refractivity contribution is 6.32. The molecule has 1 rings (SSSR count). The van der Waals surface area contributed by atoms with Gasteiger partial charge in [-0.25, -0.2) is 4.98 Å². The number of hydrogen-bond acceptors (Lipinski definition) is 2. The Morgan fingerprint density at radius 3 is 3.00 bits per heavy atom. The van der Waals surface area contributed by atoms with Crippen molar-refractivity contribution in [2.75, 3.05) is 5.32 Å². The molecule has 0 fully saturated rings. The Kier molecular flexibility index (Phi) is 3.71. The van der Waals surface area contributed by atoms with Crippen LogP contribution in [0.2, 0.25) is 0 Å². The molecule has 70 valence electrons. The van der Waals surface area contributed by atoms with Crippen LogP contribution >= 0.6 is 11.6 Å². The average molecular weight is 199 g/mol. The number of pyridine rings is 1. The lowest BCUT2D eigenvalue weighted by atomic mass is 10.3. The molecule has 0 radical (unpaired) electrons. The Bertz CT molecular complexity index is 276. The summed E-state index contributed by atoms with van der Waals surface area (Å²) in [7, 11) is 0. The summed E-state index contributed by atoms with van der Waals surface area (Å²) in [5, 5.41) is 2.13. The minimum absolute atomic E-state index is 0.206. The van der Waals surface area contributed by atoms with Crippen molar-refractivity contribution < 1.29 is 4.79 Å². The Balaban J connectivity index is 2.55. The van der Waals surface area contributed by atoms with Crippen LogP contribution in [0.1, 0.15) is 13.3 Å². The molecule has 0 bridgehead atoms. The third kappa shape index (κ3) is 3.03. The zero-order chi connectivity index (χ0) is 9.68. The van der Waals surface area contributed by atoms with Gasteiger partial charge in [0.25, 0.3) is 0 Å². The van der Waals surface area contributed by atoms with Crippen LogP contribution in [0.4, 0.5) is 5.82 Å². The summed E-state index contributed by atoms with van der Waals surface area (Å²) in [6.45, 7) is 1.86. The van der Waals surface area contributed by atoms with Crippen molar-refractivity contribution in [3.8, 4) is 0 Å². The lowest BCUT2D eigenvalue weighted by Gasteiger charge is -2.06. The lowest BCUT2D eigenvalue weighted by Crippen LogP contribution is -2.22.